The minimum absolute atomic E-state index is 1.09. The van der Waals surface area contributed by atoms with E-state index in [1.54, 1.807) is 0 Å². The summed E-state index contributed by atoms with van der Waals surface area (Å²) >= 11 is 1.90. The Labute approximate surface area is 85.1 Å². The normalized spacial score (nSPS) is 10.7. The second kappa shape index (κ2) is 6.06. The van der Waals surface area contributed by atoms with Crippen LogP contribution in [0, 0.1) is 0 Å². The highest BCUT2D eigenvalue weighted by molar-refractivity contribution is 7.99. The molecule has 2 heteroatoms. The van der Waals surface area contributed by atoms with Gasteiger partial charge in [0.1, 0.15) is 0 Å². The van der Waals surface area contributed by atoms with Crippen LogP contribution >= 0.6 is 11.8 Å². The van der Waals surface area contributed by atoms with Crippen LogP contribution in [0.25, 0.3) is 0 Å². The van der Waals surface area contributed by atoms with Crippen LogP contribution in [-0.2, 0) is 0 Å². The fraction of sp³-hybridized carbons (Fsp3) is 0.455. The van der Waals surface area contributed by atoms with Gasteiger partial charge in [0.15, 0.2) is 0 Å². The number of nitrogens with zero attached hydrogens (tertiary/aromatic N) is 1. The molecule has 0 unspecified atom stereocenters. The molecule has 0 fully saturated rings. The Morgan fingerprint density at radius 3 is 2.23 bits per heavy atom. The van der Waals surface area contributed by atoms with Gasteiger partial charge < -0.3 is 0 Å². The molecule has 0 aromatic heterocycles. The molecule has 1 aromatic carbocycles. The van der Waals surface area contributed by atoms with Gasteiger partial charge in [-0.25, -0.2) is 0 Å². The van der Waals surface area contributed by atoms with Crippen molar-refractivity contribution in [3.63, 3.8) is 0 Å². The highest BCUT2D eigenvalue weighted by atomic mass is 32.2. The van der Waals surface area contributed by atoms with Gasteiger partial charge in [0.25, 0.3) is 0 Å². The number of benzene rings is 1. The van der Waals surface area contributed by atoms with Crippen LogP contribution in [0.2, 0.25) is 0 Å². The average Bonchev–Trinajstić information content (AvgIpc) is 2.21. The van der Waals surface area contributed by atoms with Crippen LogP contribution in [0.5, 0.6) is 0 Å². The van der Waals surface area contributed by atoms with Crippen LogP contribution in [-0.4, -0.2) is 23.9 Å². The molecule has 0 aliphatic rings. The Kier molecular flexibility index (Phi) is 4.94. The molecule has 0 amide bonds. The molecule has 0 aliphatic carbocycles. The van der Waals surface area contributed by atoms with Crippen molar-refractivity contribution in [2.24, 2.45) is 0 Å². The van der Waals surface area contributed by atoms with Crippen LogP contribution < -0.4 is 0 Å². The Hall–Kier alpha value is -0.470. The molecule has 72 valence electrons. The Morgan fingerprint density at radius 1 is 1.08 bits per heavy atom. The molecule has 0 N–H and O–H groups in total. The minimum Gasteiger partial charge on any atom is -0.294 e. The second-order valence-electron chi connectivity index (χ2n) is 2.89. The monoisotopic (exact) mass is 195 g/mol. The van der Waals surface area contributed by atoms with Gasteiger partial charge in [0, 0.05) is 10.8 Å². The lowest BCUT2D eigenvalue weighted by molar-refractivity contribution is 0.358. The Balaban J connectivity index is 2.34. The van der Waals surface area contributed by atoms with E-state index in [0.29, 0.717) is 0 Å². The van der Waals surface area contributed by atoms with E-state index in [-0.39, 0.29) is 0 Å². The van der Waals surface area contributed by atoms with E-state index >= 15 is 0 Å². The van der Waals surface area contributed by atoms with Crippen molar-refractivity contribution in [3.8, 4) is 0 Å². The van der Waals surface area contributed by atoms with Gasteiger partial charge in [-0.05, 0) is 25.2 Å². The van der Waals surface area contributed by atoms with Crippen LogP contribution in [0.3, 0.4) is 0 Å². The lowest BCUT2D eigenvalue weighted by atomic mass is 10.4. The van der Waals surface area contributed by atoms with Gasteiger partial charge in [-0.2, -0.15) is 0 Å². The lowest BCUT2D eigenvalue weighted by Gasteiger charge is -2.16. The van der Waals surface area contributed by atoms with Crippen molar-refractivity contribution in [3.05, 3.63) is 30.3 Å². The Morgan fingerprint density at radius 2 is 1.69 bits per heavy atom. The van der Waals surface area contributed by atoms with Crippen molar-refractivity contribution >= 4 is 11.8 Å². The van der Waals surface area contributed by atoms with Gasteiger partial charge in [0.2, 0.25) is 0 Å². The average molecular weight is 195 g/mol. The van der Waals surface area contributed by atoms with Crippen LogP contribution in [0.1, 0.15) is 13.8 Å². The van der Waals surface area contributed by atoms with E-state index in [4.69, 9.17) is 0 Å². The number of rotatable bonds is 5. The van der Waals surface area contributed by atoms with Crippen molar-refractivity contribution < 1.29 is 0 Å². The molecule has 0 aliphatic heterocycles. The summed E-state index contributed by atoms with van der Waals surface area (Å²) in [5.74, 6) is 1.09. The fourth-order valence-corrected chi connectivity index (χ4v) is 2.14. The van der Waals surface area contributed by atoms with Crippen molar-refractivity contribution in [1.82, 2.24) is 4.90 Å². The molecule has 0 radical (unpaired) electrons. The standard InChI is InChI=1S/C11H17NS/c1-3-12(4-2)10-13-11-8-6-5-7-9-11/h5-9H,3-4,10H2,1-2H3. The zero-order valence-electron chi connectivity index (χ0n) is 8.36. The quantitative estimate of drug-likeness (QED) is 0.525. The van der Waals surface area contributed by atoms with E-state index in [1.165, 1.54) is 4.90 Å². The van der Waals surface area contributed by atoms with Gasteiger partial charge in [-0.1, -0.05) is 32.0 Å². The summed E-state index contributed by atoms with van der Waals surface area (Å²) < 4.78 is 0. The summed E-state index contributed by atoms with van der Waals surface area (Å²) in [4.78, 5) is 3.77. The molecule has 0 saturated heterocycles. The molecular formula is C11H17NS. The molecular weight excluding hydrogens is 178 g/mol. The first-order valence-corrected chi connectivity index (χ1v) is 5.75. The number of thioether (sulfide) groups is 1. The van der Waals surface area contributed by atoms with E-state index in [2.05, 4.69) is 49.1 Å². The third-order valence-electron chi connectivity index (χ3n) is 2.05. The largest absolute Gasteiger partial charge is 0.294 e. The maximum Gasteiger partial charge on any atom is 0.0491 e. The zero-order valence-corrected chi connectivity index (χ0v) is 9.18. The van der Waals surface area contributed by atoms with E-state index in [0.717, 1.165) is 19.0 Å². The molecule has 0 atom stereocenters. The van der Waals surface area contributed by atoms with Crippen molar-refractivity contribution in [2.45, 2.75) is 18.7 Å². The molecule has 13 heavy (non-hydrogen) atoms. The third kappa shape index (κ3) is 3.83. The molecule has 0 heterocycles. The molecule has 0 spiro atoms. The van der Waals surface area contributed by atoms with E-state index < -0.39 is 0 Å². The smallest absolute Gasteiger partial charge is 0.0491 e. The summed E-state index contributed by atoms with van der Waals surface area (Å²) in [5.41, 5.74) is 0. The lowest BCUT2D eigenvalue weighted by Crippen LogP contribution is -2.21. The highest BCUT2D eigenvalue weighted by Crippen LogP contribution is 2.17. The summed E-state index contributed by atoms with van der Waals surface area (Å²) in [6.45, 7) is 6.68. The Bertz CT molecular complexity index is 219. The van der Waals surface area contributed by atoms with Crippen molar-refractivity contribution in [2.75, 3.05) is 19.0 Å². The van der Waals surface area contributed by atoms with E-state index in [1.807, 2.05) is 11.8 Å². The van der Waals surface area contributed by atoms with Gasteiger partial charge in [-0.3, -0.25) is 4.90 Å². The molecule has 1 rings (SSSR count). The summed E-state index contributed by atoms with van der Waals surface area (Å²) in [7, 11) is 0. The first kappa shape index (κ1) is 10.6. The molecule has 0 saturated carbocycles. The SMILES string of the molecule is CCN(CC)CSc1ccccc1. The number of hydrogen-bond acceptors (Lipinski definition) is 2. The minimum atomic E-state index is 1.09. The fourth-order valence-electron chi connectivity index (χ4n) is 1.09. The van der Waals surface area contributed by atoms with Crippen LogP contribution in [0.4, 0.5) is 0 Å². The van der Waals surface area contributed by atoms with Gasteiger partial charge in [-0.15, -0.1) is 11.8 Å². The van der Waals surface area contributed by atoms with Crippen molar-refractivity contribution in [1.29, 1.82) is 0 Å². The van der Waals surface area contributed by atoms with Crippen LogP contribution in [0.15, 0.2) is 35.2 Å². The maximum absolute atomic E-state index is 2.41. The molecule has 1 aromatic rings. The number of hydrogen-bond donors (Lipinski definition) is 0. The topological polar surface area (TPSA) is 3.24 Å². The maximum atomic E-state index is 2.41. The summed E-state index contributed by atoms with van der Waals surface area (Å²) in [5, 5.41) is 0. The zero-order chi connectivity index (χ0) is 9.52. The summed E-state index contributed by atoms with van der Waals surface area (Å²) in [6, 6.07) is 10.6. The first-order chi connectivity index (χ1) is 6.36. The molecule has 1 nitrogen and oxygen atoms in total. The highest BCUT2D eigenvalue weighted by Gasteiger charge is 1.98. The summed E-state index contributed by atoms with van der Waals surface area (Å²) in [6.07, 6.45) is 0. The van der Waals surface area contributed by atoms with Gasteiger partial charge in [0.05, 0.1) is 0 Å². The predicted octanol–water partition coefficient (Wildman–Crippen LogP) is 3.08. The van der Waals surface area contributed by atoms with E-state index in [9.17, 15) is 0 Å². The molecule has 0 bridgehead atoms. The second-order valence-corrected chi connectivity index (χ2v) is 3.91. The predicted molar refractivity (Wildman–Crippen MR) is 60.1 cm³/mol. The third-order valence-corrected chi connectivity index (χ3v) is 3.15. The first-order valence-electron chi connectivity index (χ1n) is 4.77. The van der Waals surface area contributed by atoms with Gasteiger partial charge >= 0.3 is 0 Å².